The van der Waals surface area contributed by atoms with Gasteiger partial charge in [-0.15, -0.1) is 0 Å². The van der Waals surface area contributed by atoms with Gasteiger partial charge < -0.3 is 10.1 Å². The molecule has 0 aromatic heterocycles. The number of hydrogen-bond acceptors (Lipinski definition) is 5. The summed E-state index contributed by atoms with van der Waals surface area (Å²) in [6.07, 6.45) is 2.13. The predicted molar refractivity (Wildman–Crippen MR) is 125 cm³/mol. The van der Waals surface area contributed by atoms with Crippen LogP contribution in [0.1, 0.15) is 12.8 Å². The Morgan fingerprint density at radius 2 is 1.86 bits per heavy atom. The SMILES string of the molecule is COc1ccc(S(=O)(=O)Nc2ccc(Br)c(NC3CCN(CI)CC3)c2)cc1. The monoisotopic (exact) mass is 579 g/mol. The van der Waals surface area contributed by atoms with Gasteiger partial charge in [-0.25, -0.2) is 8.42 Å². The zero-order valence-electron chi connectivity index (χ0n) is 15.5. The fourth-order valence-electron chi connectivity index (χ4n) is 3.09. The first-order valence-corrected chi connectivity index (χ1v) is 12.7. The first-order chi connectivity index (χ1) is 13.4. The van der Waals surface area contributed by atoms with E-state index in [1.165, 1.54) is 12.1 Å². The van der Waals surface area contributed by atoms with E-state index in [-0.39, 0.29) is 4.90 Å². The first kappa shape index (κ1) is 21.7. The number of rotatable bonds is 7. The molecular formula is C19H23BrIN3O3S. The van der Waals surface area contributed by atoms with Gasteiger partial charge >= 0.3 is 0 Å². The van der Waals surface area contributed by atoms with Crippen LogP contribution in [0.4, 0.5) is 11.4 Å². The summed E-state index contributed by atoms with van der Waals surface area (Å²) in [5, 5.41) is 3.55. The molecule has 1 saturated heterocycles. The molecule has 0 aliphatic carbocycles. The van der Waals surface area contributed by atoms with Gasteiger partial charge in [0.15, 0.2) is 0 Å². The van der Waals surface area contributed by atoms with Crippen LogP contribution in [0.3, 0.4) is 0 Å². The van der Waals surface area contributed by atoms with Gasteiger partial charge in [0, 0.05) is 23.6 Å². The van der Waals surface area contributed by atoms with Crippen molar-refractivity contribution in [2.75, 3.05) is 34.8 Å². The number of halogens is 2. The average Bonchev–Trinajstić information content (AvgIpc) is 2.71. The molecule has 9 heteroatoms. The lowest BCUT2D eigenvalue weighted by molar-refractivity contribution is 0.259. The Hall–Kier alpha value is -1.04. The highest BCUT2D eigenvalue weighted by atomic mass is 127. The second kappa shape index (κ2) is 9.64. The second-order valence-electron chi connectivity index (χ2n) is 6.63. The number of piperidine rings is 1. The second-order valence-corrected chi connectivity index (χ2v) is 9.85. The summed E-state index contributed by atoms with van der Waals surface area (Å²) >= 11 is 5.95. The molecule has 6 nitrogen and oxygen atoms in total. The fraction of sp³-hybridized carbons (Fsp3) is 0.368. The zero-order chi connectivity index (χ0) is 20.1. The smallest absolute Gasteiger partial charge is 0.261 e. The number of benzene rings is 2. The molecule has 3 rings (SSSR count). The Morgan fingerprint density at radius 1 is 1.18 bits per heavy atom. The summed E-state index contributed by atoms with van der Waals surface area (Å²) < 4.78 is 35.0. The molecule has 2 N–H and O–H groups in total. The molecule has 1 heterocycles. The third kappa shape index (κ3) is 5.52. The number of alkyl halides is 1. The van der Waals surface area contributed by atoms with Gasteiger partial charge in [-0.1, -0.05) is 22.6 Å². The van der Waals surface area contributed by atoms with Crippen LogP contribution in [0.5, 0.6) is 5.75 Å². The summed E-state index contributed by atoms with van der Waals surface area (Å²) in [4.78, 5) is 2.62. The lowest BCUT2D eigenvalue weighted by Crippen LogP contribution is -2.38. The molecule has 2 aromatic rings. The van der Waals surface area contributed by atoms with Gasteiger partial charge in [0.1, 0.15) is 5.75 Å². The van der Waals surface area contributed by atoms with Crippen LogP contribution in [0.2, 0.25) is 0 Å². The molecule has 2 aromatic carbocycles. The quantitative estimate of drug-likeness (QED) is 0.287. The van der Waals surface area contributed by atoms with Crippen LogP contribution in [-0.2, 0) is 10.0 Å². The van der Waals surface area contributed by atoms with Gasteiger partial charge in [-0.2, -0.15) is 0 Å². The van der Waals surface area contributed by atoms with Crippen molar-refractivity contribution < 1.29 is 13.2 Å². The zero-order valence-corrected chi connectivity index (χ0v) is 20.1. The van der Waals surface area contributed by atoms with Crippen molar-refractivity contribution in [3.05, 3.63) is 46.9 Å². The molecule has 28 heavy (non-hydrogen) atoms. The fourth-order valence-corrected chi connectivity index (χ4v) is 5.18. The van der Waals surface area contributed by atoms with Crippen LogP contribution in [0, 0.1) is 0 Å². The maximum Gasteiger partial charge on any atom is 0.261 e. The number of methoxy groups -OCH3 is 1. The van der Waals surface area contributed by atoms with Crippen molar-refractivity contribution in [3.63, 3.8) is 0 Å². The number of anilines is 2. The van der Waals surface area contributed by atoms with Crippen molar-refractivity contribution in [3.8, 4) is 5.75 Å². The number of likely N-dealkylation sites (tertiary alicyclic amines) is 1. The number of nitrogens with zero attached hydrogens (tertiary/aromatic N) is 1. The number of sulfonamides is 1. The number of nitrogens with one attached hydrogen (secondary N) is 2. The van der Waals surface area contributed by atoms with Gasteiger partial charge in [0.2, 0.25) is 0 Å². The van der Waals surface area contributed by atoms with Crippen LogP contribution < -0.4 is 14.8 Å². The molecule has 152 valence electrons. The van der Waals surface area contributed by atoms with E-state index in [1.54, 1.807) is 25.3 Å². The lowest BCUT2D eigenvalue weighted by atomic mass is 10.1. The predicted octanol–water partition coefficient (Wildman–Crippen LogP) is 4.53. The van der Waals surface area contributed by atoms with E-state index in [9.17, 15) is 8.42 Å². The summed E-state index contributed by atoms with van der Waals surface area (Å²) in [6.45, 7) is 2.14. The Kier molecular flexibility index (Phi) is 7.46. The van der Waals surface area contributed by atoms with E-state index in [4.69, 9.17) is 4.74 Å². The maximum absolute atomic E-state index is 12.7. The number of hydrogen-bond donors (Lipinski definition) is 2. The topological polar surface area (TPSA) is 70.7 Å². The van der Waals surface area contributed by atoms with E-state index < -0.39 is 10.0 Å². The van der Waals surface area contributed by atoms with Crippen molar-refractivity contribution >= 4 is 59.9 Å². The molecule has 0 saturated carbocycles. The highest BCUT2D eigenvalue weighted by Crippen LogP contribution is 2.29. The molecule has 1 fully saturated rings. The van der Waals surface area contributed by atoms with Crippen LogP contribution in [0.15, 0.2) is 51.8 Å². The van der Waals surface area contributed by atoms with Crippen molar-refractivity contribution in [1.29, 1.82) is 0 Å². The first-order valence-electron chi connectivity index (χ1n) is 8.92. The molecule has 0 bridgehead atoms. The van der Waals surface area contributed by atoms with E-state index in [0.29, 0.717) is 17.5 Å². The van der Waals surface area contributed by atoms with Gasteiger partial charge in [0.05, 0.1) is 27.9 Å². The minimum Gasteiger partial charge on any atom is -0.497 e. The molecule has 0 amide bonds. The molecule has 0 spiro atoms. The summed E-state index contributed by atoms with van der Waals surface area (Å²) in [5.74, 6) is 0.614. The summed E-state index contributed by atoms with van der Waals surface area (Å²) in [5.41, 5.74) is 1.41. The maximum atomic E-state index is 12.7. The third-order valence-electron chi connectivity index (χ3n) is 4.70. The summed E-state index contributed by atoms with van der Waals surface area (Å²) in [7, 11) is -2.12. The van der Waals surface area contributed by atoms with E-state index in [1.807, 2.05) is 12.1 Å². The Labute approximate surface area is 188 Å². The Balaban J connectivity index is 1.71. The minimum absolute atomic E-state index is 0.192. The number of ether oxygens (including phenoxy) is 1. The minimum atomic E-state index is -3.67. The van der Waals surface area contributed by atoms with Crippen molar-refractivity contribution in [1.82, 2.24) is 4.90 Å². The lowest BCUT2D eigenvalue weighted by Gasteiger charge is -2.31. The molecule has 0 radical (unpaired) electrons. The molecule has 1 aliphatic rings. The Bertz CT molecular complexity index is 901. The van der Waals surface area contributed by atoms with Gasteiger partial charge in [-0.05, 0) is 71.2 Å². The highest BCUT2D eigenvalue weighted by Gasteiger charge is 2.20. The average molecular weight is 580 g/mol. The van der Waals surface area contributed by atoms with E-state index in [0.717, 1.165) is 40.6 Å². The van der Waals surface area contributed by atoms with Crippen molar-refractivity contribution in [2.24, 2.45) is 0 Å². The molecule has 1 aliphatic heterocycles. The highest BCUT2D eigenvalue weighted by molar-refractivity contribution is 14.1. The van der Waals surface area contributed by atoms with Crippen LogP contribution >= 0.6 is 38.5 Å². The van der Waals surface area contributed by atoms with Gasteiger partial charge in [-0.3, -0.25) is 9.62 Å². The largest absolute Gasteiger partial charge is 0.497 e. The third-order valence-corrected chi connectivity index (χ3v) is 7.76. The molecular weight excluding hydrogens is 557 g/mol. The molecule has 0 unspecified atom stereocenters. The van der Waals surface area contributed by atoms with Crippen molar-refractivity contribution in [2.45, 2.75) is 23.8 Å². The van der Waals surface area contributed by atoms with E-state index >= 15 is 0 Å². The molecule has 0 atom stereocenters. The van der Waals surface area contributed by atoms with Crippen LogP contribution in [0.25, 0.3) is 0 Å². The normalized spacial score (nSPS) is 16.0. The summed E-state index contributed by atoms with van der Waals surface area (Å²) in [6, 6.07) is 12.1. The standard InChI is InChI=1S/C19H23BrIN3O3S/c1-27-16-3-5-17(6-4-16)28(25,26)23-15-2-7-18(20)19(12-15)22-14-8-10-24(13-21)11-9-14/h2-7,12,14,22-23H,8-11,13H2,1H3. The van der Waals surface area contributed by atoms with E-state index in [2.05, 4.69) is 53.5 Å². The Morgan fingerprint density at radius 3 is 2.46 bits per heavy atom. The van der Waals surface area contributed by atoms with Crippen LogP contribution in [-0.4, -0.2) is 44.1 Å². The van der Waals surface area contributed by atoms with Gasteiger partial charge in [0.25, 0.3) is 10.0 Å².